The summed E-state index contributed by atoms with van der Waals surface area (Å²) in [5.74, 6) is -1.53. The first-order chi connectivity index (χ1) is 7.99. The zero-order chi connectivity index (χ0) is 13.0. The lowest BCUT2D eigenvalue weighted by Crippen LogP contribution is -2.07. The van der Waals surface area contributed by atoms with Crippen LogP contribution in [0.1, 0.15) is 20.7 Å². The van der Waals surface area contributed by atoms with Gasteiger partial charge >= 0.3 is 11.9 Å². The molecule has 0 aliphatic carbocycles. The average molecular weight is 239 g/mol. The van der Waals surface area contributed by atoms with Gasteiger partial charge in [0.2, 0.25) is 0 Å². The fourth-order valence-electron chi connectivity index (χ4n) is 1.19. The maximum absolute atomic E-state index is 11.3. The van der Waals surface area contributed by atoms with E-state index in [-0.39, 0.29) is 16.8 Å². The molecule has 1 aromatic rings. The van der Waals surface area contributed by atoms with E-state index in [0.717, 1.165) is 26.4 Å². The number of benzene rings is 1. The van der Waals surface area contributed by atoms with Gasteiger partial charge in [0.15, 0.2) is 0 Å². The Labute approximate surface area is 96.1 Å². The molecule has 0 heterocycles. The van der Waals surface area contributed by atoms with Crippen molar-refractivity contribution in [3.05, 3.63) is 39.4 Å². The van der Waals surface area contributed by atoms with Gasteiger partial charge in [-0.3, -0.25) is 10.1 Å². The summed E-state index contributed by atoms with van der Waals surface area (Å²) in [7, 11) is 2.28. The molecule has 0 saturated carbocycles. The van der Waals surface area contributed by atoms with Crippen molar-refractivity contribution in [1.82, 2.24) is 0 Å². The highest BCUT2D eigenvalue weighted by atomic mass is 16.6. The molecule has 0 amide bonds. The number of non-ortho nitro benzene ring substituents is 1. The summed E-state index contributed by atoms with van der Waals surface area (Å²) in [5.41, 5.74) is -0.544. The van der Waals surface area contributed by atoms with Crippen LogP contribution in [0.5, 0.6) is 0 Å². The Morgan fingerprint density at radius 2 is 1.47 bits per heavy atom. The van der Waals surface area contributed by atoms with E-state index in [1.807, 2.05) is 0 Å². The smallest absolute Gasteiger partial charge is 0.338 e. The first kappa shape index (κ1) is 12.6. The second-order valence-corrected chi connectivity index (χ2v) is 3.01. The Morgan fingerprint density at radius 1 is 1.06 bits per heavy atom. The fraction of sp³-hybridized carbons (Fsp3) is 0.200. The number of hydrogen-bond donors (Lipinski definition) is 0. The first-order valence-electron chi connectivity index (χ1n) is 4.45. The molecule has 0 fully saturated rings. The van der Waals surface area contributed by atoms with Crippen molar-refractivity contribution in [2.24, 2.45) is 0 Å². The molecule has 0 N–H and O–H groups in total. The van der Waals surface area contributed by atoms with Crippen molar-refractivity contribution in [3.8, 4) is 0 Å². The monoisotopic (exact) mass is 239 g/mol. The van der Waals surface area contributed by atoms with Gasteiger partial charge in [-0.2, -0.15) is 0 Å². The summed E-state index contributed by atoms with van der Waals surface area (Å²) in [6, 6.07) is 3.22. The third kappa shape index (κ3) is 2.77. The van der Waals surface area contributed by atoms with Crippen LogP contribution >= 0.6 is 0 Å². The Kier molecular flexibility index (Phi) is 3.76. The molecule has 1 aromatic carbocycles. The molecule has 0 atom stereocenters. The van der Waals surface area contributed by atoms with E-state index in [1.165, 1.54) is 6.07 Å². The Hall–Kier alpha value is -2.44. The van der Waals surface area contributed by atoms with Gasteiger partial charge in [0.25, 0.3) is 5.69 Å². The lowest BCUT2D eigenvalue weighted by molar-refractivity contribution is -0.384. The summed E-state index contributed by atoms with van der Waals surface area (Å²) in [4.78, 5) is 32.4. The summed E-state index contributed by atoms with van der Waals surface area (Å²) >= 11 is 0. The summed E-state index contributed by atoms with van der Waals surface area (Å²) in [6.45, 7) is 0. The predicted octanol–water partition coefficient (Wildman–Crippen LogP) is 1.17. The van der Waals surface area contributed by atoms with Gasteiger partial charge in [0.05, 0.1) is 30.3 Å². The molecule has 1 rings (SSSR count). The minimum Gasteiger partial charge on any atom is -0.465 e. The van der Waals surface area contributed by atoms with Gasteiger partial charge in [-0.1, -0.05) is 0 Å². The number of carbonyl (C=O) groups is 2. The highest BCUT2D eigenvalue weighted by molar-refractivity contribution is 5.96. The predicted molar refractivity (Wildman–Crippen MR) is 55.8 cm³/mol. The van der Waals surface area contributed by atoms with Gasteiger partial charge in [-0.05, 0) is 6.07 Å². The van der Waals surface area contributed by atoms with Crippen molar-refractivity contribution in [3.63, 3.8) is 0 Å². The number of ether oxygens (including phenoxy) is 2. The van der Waals surface area contributed by atoms with Gasteiger partial charge < -0.3 is 9.47 Å². The summed E-state index contributed by atoms with van der Waals surface area (Å²) in [5, 5.41) is 10.6. The summed E-state index contributed by atoms with van der Waals surface area (Å²) < 4.78 is 8.85. The molecule has 0 saturated heterocycles. The summed E-state index contributed by atoms with van der Waals surface area (Å²) in [6.07, 6.45) is 0. The third-order valence-electron chi connectivity index (χ3n) is 1.97. The number of nitro groups is 1. The van der Waals surface area contributed by atoms with Crippen LogP contribution in [0.15, 0.2) is 18.2 Å². The SMILES string of the molecule is COC(=O)c1cc(C(=O)OC)cc([N+](=O)[O-])c1. The molecule has 0 unspecified atom stereocenters. The second-order valence-electron chi connectivity index (χ2n) is 3.01. The Bertz CT molecular complexity index is 447. The molecule has 0 radical (unpaired) electrons. The average Bonchev–Trinajstić information content (AvgIpc) is 2.36. The molecule has 0 aliphatic heterocycles. The molecule has 0 spiro atoms. The zero-order valence-electron chi connectivity index (χ0n) is 9.13. The lowest BCUT2D eigenvalue weighted by atomic mass is 10.1. The molecular formula is C10H9NO6. The van der Waals surface area contributed by atoms with Gasteiger partial charge in [-0.25, -0.2) is 9.59 Å². The molecule has 17 heavy (non-hydrogen) atoms. The van der Waals surface area contributed by atoms with Crippen LogP contribution in [0, 0.1) is 10.1 Å². The van der Waals surface area contributed by atoms with E-state index in [2.05, 4.69) is 9.47 Å². The van der Waals surface area contributed by atoms with Crippen molar-refractivity contribution in [2.75, 3.05) is 14.2 Å². The van der Waals surface area contributed by atoms with Crippen molar-refractivity contribution >= 4 is 17.6 Å². The van der Waals surface area contributed by atoms with Crippen LogP contribution in [0.3, 0.4) is 0 Å². The van der Waals surface area contributed by atoms with Gasteiger partial charge in [0, 0.05) is 12.1 Å². The van der Waals surface area contributed by atoms with Gasteiger partial charge in [-0.15, -0.1) is 0 Å². The maximum Gasteiger partial charge on any atom is 0.338 e. The molecule has 7 nitrogen and oxygen atoms in total. The van der Waals surface area contributed by atoms with E-state index in [1.54, 1.807) is 0 Å². The quantitative estimate of drug-likeness (QED) is 0.446. The fourth-order valence-corrected chi connectivity index (χ4v) is 1.19. The van der Waals surface area contributed by atoms with Crippen LogP contribution in [-0.4, -0.2) is 31.1 Å². The van der Waals surface area contributed by atoms with Gasteiger partial charge in [0.1, 0.15) is 0 Å². The second kappa shape index (κ2) is 5.06. The molecule has 0 aromatic heterocycles. The number of hydrogen-bond acceptors (Lipinski definition) is 6. The van der Waals surface area contributed by atoms with Crippen LogP contribution in [-0.2, 0) is 9.47 Å². The molecule has 90 valence electrons. The topological polar surface area (TPSA) is 95.7 Å². The minimum atomic E-state index is -0.765. The van der Waals surface area contributed by atoms with Crippen LogP contribution in [0.25, 0.3) is 0 Å². The first-order valence-corrected chi connectivity index (χ1v) is 4.45. The molecule has 7 heteroatoms. The van der Waals surface area contributed by atoms with Crippen LogP contribution < -0.4 is 0 Å². The third-order valence-corrected chi connectivity index (χ3v) is 1.97. The molecule has 0 bridgehead atoms. The largest absolute Gasteiger partial charge is 0.465 e. The maximum atomic E-state index is 11.3. The van der Waals surface area contributed by atoms with Crippen molar-refractivity contribution < 1.29 is 24.0 Å². The Morgan fingerprint density at radius 3 is 1.76 bits per heavy atom. The van der Waals surface area contributed by atoms with Crippen LogP contribution in [0.4, 0.5) is 5.69 Å². The molecular weight excluding hydrogens is 230 g/mol. The number of nitro benzene ring substituents is 1. The normalized spacial score (nSPS) is 9.53. The number of esters is 2. The van der Waals surface area contributed by atoms with E-state index in [9.17, 15) is 19.7 Å². The van der Waals surface area contributed by atoms with E-state index in [4.69, 9.17) is 0 Å². The minimum absolute atomic E-state index is 0.0814. The number of nitrogens with zero attached hydrogens (tertiary/aromatic N) is 1. The lowest BCUT2D eigenvalue weighted by Gasteiger charge is -2.03. The zero-order valence-corrected chi connectivity index (χ0v) is 9.13. The highest BCUT2D eigenvalue weighted by Gasteiger charge is 2.18. The number of methoxy groups -OCH3 is 2. The van der Waals surface area contributed by atoms with Crippen molar-refractivity contribution in [2.45, 2.75) is 0 Å². The van der Waals surface area contributed by atoms with Crippen molar-refractivity contribution in [1.29, 1.82) is 0 Å². The highest BCUT2D eigenvalue weighted by Crippen LogP contribution is 2.18. The van der Waals surface area contributed by atoms with E-state index in [0.29, 0.717) is 0 Å². The van der Waals surface area contributed by atoms with Crippen LogP contribution in [0.2, 0.25) is 0 Å². The number of carbonyl (C=O) groups excluding carboxylic acids is 2. The van der Waals surface area contributed by atoms with E-state index < -0.39 is 16.9 Å². The Balaban J connectivity index is 3.33. The standard InChI is InChI=1S/C10H9NO6/c1-16-9(12)6-3-7(10(13)17-2)5-8(4-6)11(14)15/h3-5H,1-2H3. The molecule has 0 aliphatic rings. The van der Waals surface area contributed by atoms with E-state index >= 15 is 0 Å². The number of rotatable bonds is 3.